The predicted molar refractivity (Wildman–Crippen MR) is 75.6 cm³/mol. The molecule has 0 spiro atoms. The maximum Gasteiger partial charge on any atom is 0.278 e. The molecule has 4 aromatic carbocycles. The minimum Gasteiger partial charge on any atom is -0.258 e. The number of nitrogens with zero attached hydrogens (tertiary/aromatic N) is 1. The number of nitro groups is 1. The average molecular weight is 246 g/mol. The molecule has 1 radical (unpaired) electrons. The second-order valence-corrected chi connectivity index (χ2v) is 4.63. The van der Waals surface area contributed by atoms with E-state index < -0.39 is 4.92 Å². The summed E-state index contributed by atoms with van der Waals surface area (Å²) in [6.45, 7) is 0. The summed E-state index contributed by atoms with van der Waals surface area (Å²) in [7, 11) is 0. The predicted octanol–water partition coefficient (Wildman–Crippen LogP) is 4.29. The zero-order valence-corrected chi connectivity index (χ0v) is 9.88. The normalized spacial score (nSPS) is 11.6. The van der Waals surface area contributed by atoms with Gasteiger partial charge in [0.15, 0.2) is 0 Å². The van der Waals surface area contributed by atoms with E-state index in [4.69, 9.17) is 0 Å². The number of benzene rings is 4. The van der Waals surface area contributed by atoms with Crippen LogP contribution in [-0.2, 0) is 0 Å². The maximum absolute atomic E-state index is 10.9. The lowest BCUT2D eigenvalue weighted by Crippen LogP contribution is -1.90. The summed E-state index contributed by atoms with van der Waals surface area (Å²) < 4.78 is 0. The van der Waals surface area contributed by atoms with E-state index in [1.807, 2.05) is 30.3 Å². The highest BCUT2D eigenvalue weighted by molar-refractivity contribution is 6.23. The van der Waals surface area contributed by atoms with Crippen LogP contribution in [0.25, 0.3) is 32.3 Å². The largest absolute Gasteiger partial charge is 0.278 e. The van der Waals surface area contributed by atoms with Crippen molar-refractivity contribution in [1.82, 2.24) is 0 Å². The monoisotopic (exact) mass is 246 g/mol. The van der Waals surface area contributed by atoms with Crippen LogP contribution >= 0.6 is 0 Å². The topological polar surface area (TPSA) is 43.1 Å². The Morgan fingerprint density at radius 1 is 0.895 bits per heavy atom. The molecule has 0 aliphatic carbocycles. The van der Waals surface area contributed by atoms with Gasteiger partial charge in [0.1, 0.15) is 0 Å². The Morgan fingerprint density at radius 2 is 1.58 bits per heavy atom. The van der Waals surface area contributed by atoms with Gasteiger partial charge in [0, 0.05) is 6.07 Å². The molecular weight excluding hydrogens is 238 g/mol. The Morgan fingerprint density at radius 3 is 2.32 bits per heavy atom. The van der Waals surface area contributed by atoms with E-state index in [-0.39, 0.29) is 5.69 Å². The van der Waals surface area contributed by atoms with E-state index in [0.29, 0.717) is 0 Å². The van der Waals surface area contributed by atoms with E-state index in [0.717, 1.165) is 32.3 Å². The van der Waals surface area contributed by atoms with Crippen molar-refractivity contribution in [2.75, 3.05) is 0 Å². The summed E-state index contributed by atoms with van der Waals surface area (Å²) in [5.41, 5.74) is 0.0193. The van der Waals surface area contributed by atoms with Crippen LogP contribution < -0.4 is 0 Å². The highest BCUT2D eigenvalue weighted by Gasteiger charge is 2.13. The highest BCUT2D eigenvalue weighted by Crippen LogP contribution is 2.36. The maximum atomic E-state index is 10.9. The van der Waals surface area contributed by atoms with Crippen LogP contribution in [-0.4, -0.2) is 4.92 Å². The van der Waals surface area contributed by atoms with Crippen LogP contribution in [0.3, 0.4) is 0 Å². The third kappa shape index (κ3) is 1.32. The van der Waals surface area contributed by atoms with Gasteiger partial charge in [0.25, 0.3) is 5.69 Å². The standard InChI is InChI=1S/C16H8NO2/c18-17(19)14-8-12-6-4-10-2-1-3-11-5-7-13(9-14)16(12)15(10)11/h1-8H. The molecule has 0 aliphatic heterocycles. The molecular formula is C16H8NO2. The lowest BCUT2D eigenvalue weighted by molar-refractivity contribution is -0.385. The van der Waals surface area contributed by atoms with E-state index in [9.17, 15) is 10.1 Å². The molecule has 0 atom stereocenters. The minimum absolute atomic E-state index is 0.0193. The third-order valence-electron chi connectivity index (χ3n) is 3.56. The second-order valence-electron chi connectivity index (χ2n) is 4.63. The van der Waals surface area contributed by atoms with Gasteiger partial charge in [-0.1, -0.05) is 42.5 Å². The molecule has 0 saturated carbocycles. The zero-order chi connectivity index (χ0) is 13.0. The molecule has 89 valence electrons. The quantitative estimate of drug-likeness (QED) is 0.285. The highest BCUT2D eigenvalue weighted by atomic mass is 16.6. The van der Waals surface area contributed by atoms with Crippen LogP contribution in [0.4, 0.5) is 5.69 Å². The molecule has 0 unspecified atom stereocenters. The summed E-state index contributed by atoms with van der Waals surface area (Å²) in [6, 6.07) is 18.5. The van der Waals surface area contributed by atoms with Crippen LogP contribution in [0, 0.1) is 16.2 Å². The lowest BCUT2D eigenvalue weighted by Gasteiger charge is -2.09. The van der Waals surface area contributed by atoms with Crippen LogP contribution in [0.1, 0.15) is 0 Å². The molecule has 19 heavy (non-hydrogen) atoms. The van der Waals surface area contributed by atoms with Gasteiger partial charge in [0.2, 0.25) is 0 Å². The Labute approximate surface area is 108 Å². The molecule has 0 bridgehead atoms. The van der Waals surface area contributed by atoms with Crippen molar-refractivity contribution >= 4 is 38.0 Å². The first-order chi connectivity index (χ1) is 9.24. The van der Waals surface area contributed by atoms with Gasteiger partial charge in [0.05, 0.1) is 11.0 Å². The fraction of sp³-hybridized carbons (Fsp3) is 0. The van der Waals surface area contributed by atoms with Crippen molar-refractivity contribution in [2.24, 2.45) is 0 Å². The Hall–Kier alpha value is -2.68. The molecule has 4 aromatic rings. The first-order valence-corrected chi connectivity index (χ1v) is 5.98. The smallest absolute Gasteiger partial charge is 0.258 e. The Bertz CT molecular complexity index is 880. The molecule has 0 aliphatic rings. The fourth-order valence-electron chi connectivity index (χ4n) is 2.75. The fourth-order valence-corrected chi connectivity index (χ4v) is 2.75. The first kappa shape index (κ1) is 10.3. The number of non-ortho nitro benzene ring substituents is 1. The van der Waals surface area contributed by atoms with E-state index >= 15 is 0 Å². The van der Waals surface area contributed by atoms with E-state index in [1.165, 1.54) is 0 Å². The number of hydrogen-bond acceptors (Lipinski definition) is 2. The van der Waals surface area contributed by atoms with Gasteiger partial charge in [-0.15, -0.1) is 0 Å². The molecule has 0 fully saturated rings. The van der Waals surface area contributed by atoms with Gasteiger partial charge >= 0.3 is 0 Å². The van der Waals surface area contributed by atoms with Gasteiger partial charge < -0.3 is 0 Å². The van der Waals surface area contributed by atoms with E-state index in [1.54, 1.807) is 6.07 Å². The molecule has 0 heterocycles. The van der Waals surface area contributed by atoms with Crippen molar-refractivity contribution in [1.29, 1.82) is 0 Å². The Balaban J connectivity index is 2.32. The van der Waals surface area contributed by atoms with Crippen molar-refractivity contribution in [2.45, 2.75) is 0 Å². The van der Waals surface area contributed by atoms with Crippen LogP contribution in [0.5, 0.6) is 0 Å². The SMILES string of the molecule is O=[N+]([O-])c1[c]c2ccc3cccc4ccc(c1)c2c34. The van der Waals surface area contributed by atoms with Crippen molar-refractivity contribution < 1.29 is 4.92 Å². The summed E-state index contributed by atoms with van der Waals surface area (Å²) in [6.07, 6.45) is 0. The number of nitro benzene ring substituents is 1. The Kier molecular flexibility index (Phi) is 1.85. The van der Waals surface area contributed by atoms with Gasteiger partial charge in [-0.25, -0.2) is 0 Å². The molecule has 3 heteroatoms. The molecule has 0 N–H and O–H groups in total. The second kappa shape index (κ2) is 3.42. The number of hydrogen-bond donors (Lipinski definition) is 0. The van der Waals surface area contributed by atoms with Crippen molar-refractivity contribution in [3.63, 3.8) is 0 Å². The lowest BCUT2D eigenvalue weighted by atomic mass is 9.94. The summed E-state index contributed by atoms with van der Waals surface area (Å²) in [4.78, 5) is 10.5. The van der Waals surface area contributed by atoms with Crippen molar-refractivity contribution in [3.8, 4) is 0 Å². The molecule has 0 saturated heterocycles. The third-order valence-corrected chi connectivity index (χ3v) is 3.56. The van der Waals surface area contributed by atoms with Crippen molar-refractivity contribution in [3.05, 3.63) is 64.7 Å². The zero-order valence-electron chi connectivity index (χ0n) is 9.88. The van der Waals surface area contributed by atoms with Gasteiger partial charge in [-0.3, -0.25) is 10.1 Å². The molecule has 0 amide bonds. The first-order valence-electron chi connectivity index (χ1n) is 5.98. The summed E-state index contributed by atoms with van der Waals surface area (Å²) in [5.74, 6) is 0. The summed E-state index contributed by atoms with van der Waals surface area (Å²) >= 11 is 0. The van der Waals surface area contributed by atoms with Crippen LogP contribution in [0.15, 0.2) is 48.5 Å². The minimum atomic E-state index is -0.394. The number of rotatable bonds is 1. The molecule has 0 aromatic heterocycles. The van der Waals surface area contributed by atoms with Gasteiger partial charge in [-0.2, -0.15) is 0 Å². The summed E-state index contributed by atoms with van der Waals surface area (Å²) in [5, 5.41) is 17.1. The van der Waals surface area contributed by atoms with Gasteiger partial charge in [-0.05, 0) is 32.3 Å². The molecule has 3 nitrogen and oxygen atoms in total. The van der Waals surface area contributed by atoms with Crippen LogP contribution in [0.2, 0.25) is 0 Å². The average Bonchev–Trinajstić information content (AvgIpc) is 2.44. The molecule has 4 rings (SSSR count). The van der Waals surface area contributed by atoms with E-state index in [2.05, 4.69) is 18.2 Å².